The normalized spacial score (nSPS) is 10.7. The number of carbonyl (C=O) groups excluding carboxylic acids is 2. The minimum Gasteiger partial charge on any atom is -0.294 e. The fourth-order valence-corrected chi connectivity index (χ4v) is 6.18. The van der Waals surface area contributed by atoms with E-state index >= 15 is 0 Å². The molecule has 0 bridgehead atoms. The lowest BCUT2D eigenvalue weighted by Crippen LogP contribution is -3.61. The molecule has 0 aromatic heterocycles. The van der Waals surface area contributed by atoms with Crippen LogP contribution in [-0.4, -0.2) is 11.6 Å². The average molecular weight is 769 g/mol. The molecule has 0 amide bonds. The van der Waals surface area contributed by atoms with E-state index in [9.17, 15) is 9.59 Å². The zero-order chi connectivity index (χ0) is 23.2. The zero-order valence-electron chi connectivity index (χ0n) is 17.6. The summed E-state index contributed by atoms with van der Waals surface area (Å²) in [6.07, 6.45) is 0.839. The summed E-state index contributed by atoms with van der Waals surface area (Å²) >= 11 is 4.16. The van der Waals surface area contributed by atoms with Crippen molar-refractivity contribution >= 4 is 56.7 Å². The van der Waals surface area contributed by atoms with Crippen molar-refractivity contribution in [1.82, 2.24) is 0 Å². The SMILES string of the molecule is O=C(Cc1ccc(I)cc1)c1ccc([I+]c2ccc(C(=O)Cc3ccc(I)cc3)cc2)cc1. The van der Waals surface area contributed by atoms with Crippen LogP contribution in [0.2, 0.25) is 0 Å². The van der Waals surface area contributed by atoms with Crippen LogP contribution in [0.25, 0.3) is 0 Å². The molecule has 0 heterocycles. The van der Waals surface area contributed by atoms with Crippen molar-refractivity contribution in [2.45, 2.75) is 12.8 Å². The molecule has 4 aromatic rings. The van der Waals surface area contributed by atoms with Crippen LogP contribution in [0.5, 0.6) is 0 Å². The Labute approximate surface area is 231 Å². The first-order valence-corrected chi connectivity index (χ1v) is 14.7. The molecule has 0 saturated carbocycles. The molecule has 4 rings (SSSR count). The van der Waals surface area contributed by atoms with Crippen molar-refractivity contribution in [3.8, 4) is 0 Å². The molecule has 5 heteroatoms. The van der Waals surface area contributed by atoms with E-state index in [1.165, 1.54) is 14.3 Å². The highest BCUT2D eigenvalue weighted by Crippen LogP contribution is 2.12. The first kappa shape index (κ1) is 24.5. The lowest BCUT2D eigenvalue weighted by molar-refractivity contribution is -0.597. The van der Waals surface area contributed by atoms with Crippen molar-refractivity contribution in [2.24, 2.45) is 0 Å². The van der Waals surface area contributed by atoms with Gasteiger partial charge in [-0.05, 0) is 129 Å². The smallest absolute Gasteiger partial charge is 0.294 e. The monoisotopic (exact) mass is 769 g/mol. The Morgan fingerprint density at radius 2 is 0.848 bits per heavy atom. The van der Waals surface area contributed by atoms with Gasteiger partial charge < -0.3 is 0 Å². The van der Waals surface area contributed by atoms with Gasteiger partial charge in [0.2, 0.25) is 0 Å². The van der Waals surface area contributed by atoms with E-state index in [1.54, 1.807) is 0 Å². The van der Waals surface area contributed by atoms with Gasteiger partial charge >= 0.3 is 21.2 Å². The Hall–Kier alpha value is -1.59. The van der Waals surface area contributed by atoms with Gasteiger partial charge in [-0.2, -0.15) is 0 Å². The molecule has 0 atom stereocenters. The molecule has 0 aliphatic rings. The standard InChI is InChI=1S/C28H20I3O2/c29-23-9-1-19(2-10-23)17-27(32)21-5-13-25(14-6-21)31-26-15-7-22(8-16-26)28(33)18-20-3-11-24(30)12-4-20/h1-16H,17-18H2/q+1. The average Bonchev–Trinajstić information content (AvgIpc) is 2.83. The van der Waals surface area contributed by atoms with Crippen molar-refractivity contribution in [3.63, 3.8) is 0 Å². The van der Waals surface area contributed by atoms with Crippen LogP contribution >= 0.6 is 45.2 Å². The largest absolute Gasteiger partial charge is 0.357 e. The molecule has 164 valence electrons. The lowest BCUT2D eigenvalue weighted by atomic mass is 10.0. The molecule has 0 aliphatic heterocycles. The van der Waals surface area contributed by atoms with Crippen LogP contribution in [0.3, 0.4) is 0 Å². The topological polar surface area (TPSA) is 34.1 Å². The number of hydrogen-bond acceptors (Lipinski definition) is 2. The van der Waals surface area contributed by atoms with E-state index in [4.69, 9.17) is 0 Å². The minimum absolute atomic E-state index is 0.136. The van der Waals surface area contributed by atoms with E-state index in [0.29, 0.717) is 12.8 Å². The van der Waals surface area contributed by atoms with Gasteiger partial charge in [0, 0.05) is 31.1 Å². The first-order chi connectivity index (χ1) is 16.0. The van der Waals surface area contributed by atoms with Crippen molar-refractivity contribution in [3.05, 3.63) is 134 Å². The molecule has 0 radical (unpaired) electrons. The molecular formula is C28H20I3O2+. The first-order valence-electron chi connectivity index (χ1n) is 10.4. The number of benzene rings is 4. The summed E-state index contributed by atoms with van der Waals surface area (Å²) in [5.41, 5.74) is 3.57. The van der Waals surface area contributed by atoms with Gasteiger partial charge in [0.05, 0.1) is 0 Å². The van der Waals surface area contributed by atoms with Crippen molar-refractivity contribution < 1.29 is 30.8 Å². The van der Waals surface area contributed by atoms with Gasteiger partial charge in [0.1, 0.15) is 0 Å². The fourth-order valence-electron chi connectivity index (χ4n) is 3.30. The Morgan fingerprint density at radius 1 is 0.515 bits per heavy atom. The third kappa shape index (κ3) is 7.19. The molecule has 0 aliphatic carbocycles. The van der Waals surface area contributed by atoms with E-state index < -0.39 is 0 Å². The Kier molecular flexibility index (Phi) is 8.70. The highest BCUT2D eigenvalue weighted by atomic mass is 127. The Morgan fingerprint density at radius 3 is 1.18 bits per heavy atom. The van der Waals surface area contributed by atoms with Crippen LogP contribution in [0, 0.1) is 14.3 Å². The maximum absolute atomic E-state index is 12.6. The molecule has 0 unspecified atom stereocenters. The summed E-state index contributed by atoms with van der Waals surface area (Å²) in [4.78, 5) is 25.2. The third-order valence-corrected chi connectivity index (χ3v) is 9.23. The predicted octanol–water partition coefficient (Wildman–Crippen LogP) is 3.88. The number of carbonyl (C=O) groups is 2. The van der Waals surface area contributed by atoms with Gasteiger partial charge in [0.25, 0.3) is 0 Å². The van der Waals surface area contributed by atoms with Crippen LogP contribution in [0.4, 0.5) is 0 Å². The maximum atomic E-state index is 12.6. The second-order valence-corrected chi connectivity index (χ2v) is 13.1. The molecule has 4 aromatic carbocycles. The van der Waals surface area contributed by atoms with Gasteiger partial charge in [-0.3, -0.25) is 9.59 Å². The Bertz CT molecular complexity index is 1140. The summed E-state index contributed by atoms with van der Waals surface area (Å²) in [5, 5.41) is 0. The number of rotatable bonds is 8. The highest BCUT2D eigenvalue weighted by molar-refractivity contribution is 14.1. The van der Waals surface area contributed by atoms with E-state index in [1.807, 2.05) is 72.8 Å². The molecule has 0 N–H and O–H groups in total. The number of ketones is 2. The summed E-state index contributed by atoms with van der Waals surface area (Å²) in [7, 11) is 0. The zero-order valence-corrected chi connectivity index (χ0v) is 24.1. The van der Waals surface area contributed by atoms with Gasteiger partial charge in [0.15, 0.2) is 18.7 Å². The quantitative estimate of drug-likeness (QED) is 0.202. The van der Waals surface area contributed by atoms with Crippen LogP contribution < -0.4 is 21.2 Å². The molecule has 0 fully saturated rings. The van der Waals surface area contributed by atoms with Gasteiger partial charge in [-0.15, -0.1) is 0 Å². The molecule has 33 heavy (non-hydrogen) atoms. The Balaban J connectivity index is 1.34. The highest BCUT2D eigenvalue weighted by Gasteiger charge is 2.17. The summed E-state index contributed by atoms with van der Waals surface area (Å²) in [6, 6.07) is 32.1. The molecule has 0 saturated heterocycles. The molecule has 0 spiro atoms. The lowest BCUT2D eigenvalue weighted by Gasteiger charge is -2.02. The van der Waals surface area contributed by atoms with Crippen LogP contribution in [0.15, 0.2) is 97.1 Å². The summed E-state index contributed by atoms with van der Waals surface area (Å²) in [6.45, 7) is 0. The van der Waals surface area contributed by atoms with E-state index in [2.05, 4.69) is 69.4 Å². The van der Waals surface area contributed by atoms with E-state index in [0.717, 1.165) is 22.3 Å². The fraction of sp³-hybridized carbons (Fsp3) is 0.0714. The summed E-state index contributed by atoms with van der Waals surface area (Å²) < 4.78 is 4.83. The maximum Gasteiger partial charge on any atom is 0.357 e. The van der Waals surface area contributed by atoms with E-state index in [-0.39, 0.29) is 32.8 Å². The number of halogens is 3. The van der Waals surface area contributed by atoms with Gasteiger partial charge in [-0.1, -0.05) is 24.3 Å². The van der Waals surface area contributed by atoms with Crippen molar-refractivity contribution in [1.29, 1.82) is 0 Å². The van der Waals surface area contributed by atoms with Gasteiger partial charge in [-0.25, -0.2) is 0 Å². The summed E-state index contributed by atoms with van der Waals surface area (Å²) in [5.74, 6) is 0.272. The predicted molar refractivity (Wildman–Crippen MR) is 145 cm³/mol. The van der Waals surface area contributed by atoms with Crippen molar-refractivity contribution in [2.75, 3.05) is 0 Å². The second kappa shape index (κ2) is 11.7. The molecule has 2 nitrogen and oxygen atoms in total. The third-order valence-electron chi connectivity index (χ3n) is 5.11. The van der Waals surface area contributed by atoms with Crippen LogP contribution in [0.1, 0.15) is 31.8 Å². The number of Topliss-reactive ketones (excluding diaryl/α,β-unsaturated/α-hetero) is 2. The molecular weight excluding hydrogens is 749 g/mol. The second-order valence-electron chi connectivity index (χ2n) is 7.56. The minimum atomic E-state index is -0.366. The van der Waals surface area contributed by atoms with Crippen LogP contribution in [-0.2, 0) is 12.8 Å². The number of hydrogen-bond donors (Lipinski definition) is 0.